The van der Waals surface area contributed by atoms with Crippen LogP contribution in [0.3, 0.4) is 0 Å². The maximum Gasteiger partial charge on any atom is 0.0549 e. The molecule has 254 valence electrons. The summed E-state index contributed by atoms with van der Waals surface area (Å²) in [5.74, 6) is 0. The monoisotopic (exact) mass is 697 g/mol. The summed E-state index contributed by atoms with van der Waals surface area (Å²) in [6, 6.07) is 69.5. The topological polar surface area (TPSA) is 14.8 Å². The number of aromatic nitrogens is 3. The Balaban J connectivity index is 1.22. The summed E-state index contributed by atoms with van der Waals surface area (Å²) in [4.78, 5) is 0. The van der Waals surface area contributed by atoms with Crippen LogP contribution >= 0.6 is 0 Å². The highest BCUT2D eigenvalue weighted by atomic mass is 15.0. The summed E-state index contributed by atoms with van der Waals surface area (Å²) in [5, 5.41) is 15.1. The molecule has 3 nitrogen and oxygen atoms in total. The summed E-state index contributed by atoms with van der Waals surface area (Å²) < 4.78 is 7.48. The van der Waals surface area contributed by atoms with Crippen LogP contribution < -0.4 is 0 Å². The minimum Gasteiger partial charge on any atom is -0.309 e. The lowest BCUT2D eigenvalue weighted by molar-refractivity contribution is 1.18. The maximum absolute atomic E-state index is 2.53. The first-order valence-electron chi connectivity index (χ1n) is 19.0. The molecule has 10 aromatic carbocycles. The Bertz CT molecular complexity index is 3430. The molecule has 0 saturated heterocycles. The normalized spacial score (nSPS) is 12.4. The molecule has 55 heavy (non-hydrogen) atoms. The van der Waals surface area contributed by atoms with Gasteiger partial charge in [-0.15, -0.1) is 0 Å². The van der Waals surface area contributed by atoms with E-state index in [4.69, 9.17) is 0 Å². The largest absolute Gasteiger partial charge is 0.309 e. The summed E-state index contributed by atoms with van der Waals surface area (Å²) in [5.41, 5.74) is 10.9. The first-order valence-corrected chi connectivity index (χ1v) is 19.0. The molecule has 0 aliphatic heterocycles. The third-order valence-electron chi connectivity index (χ3n) is 12.2. The quantitative estimate of drug-likeness (QED) is 0.163. The lowest BCUT2D eigenvalue weighted by atomic mass is 9.99. The van der Waals surface area contributed by atoms with Crippen molar-refractivity contribution in [3.8, 4) is 17.1 Å². The average molecular weight is 698 g/mol. The van der Waals surface area contributed by atoms with Crippen LogP contribution in [-0.4, -0.2) is 13.7 Å². The molecule has 0 aliphatic rings. The number of hydrogen-bond acceptors (Lipinski definition) is 0. The van der Waals surface area contributed by atoms with Crippen LogP contribution in [-0.2, 0) is 0 Å². The van der Waals surface area contributed by atoms with Gasteiger partial charge in [0.15, 0.2) is 0 Å². The summed E-state index contributed by atoms with van der Waals surface area (Å²) in [6.45, 7) is 0. The smallest absolute Gasteiger partial charge is 0.0549 e. The van der Waals surface area contributed by atoms with Crippen molar-refractivity contribution in [2.24, 2.45) is 0 Å². The molecular formula is C52H31N3. The van der Waals surface area contributed by atoms with Gasteiger partial charge in [-0.05, 0) is 70.8 Å². The molecule has 0 spiro atoms. The van der Waals surface area contributed by atoms with E-state index in [1.54, 1.807) is 0 Å². The lowest BCUT2D eigenvalue weighted by Gasteiger charge is -2.15. The van der Waals surface area contributed by atoms with Crippen LogP contribution in [0.1, 0.15) is 0 Å². The van der Waals surface area contributed by atoms with E-state index in [0.29, 0.717) is 0 Å². The zero-order valence-corrected chi connectivity index (χ0v) is 29.7. The predicted molar refractivity (Wildman–Crippen MR) is 233 cm³/mol. The number of hydrogen-bond donors (Lipinski definition) is 0. The van der Waals surface area contributed by atoms with Gasteiger partial charge in [0.05, 0.1) is 50.2 Å². The van der Waals surface area contributed by atoms with Crippen molar-refractivity contribution < 1.29 is 0 Å². The van der Waals surface area contributed by atoms with Gasteiger partial charge >= 0.3 is 0 Å². The fraction of sp³-hybridized carbons (Fsp3) is 0. The molecule has 0 bridgehead atoms. The highest BCUT2D eigenvalue weighted by Gasteiger charge is 2.24. The van der Waals surface area contributed by atoms with Crippen molar-refractivity contribution in [1.82, 2.24) is 13.7 Å². The van der Waals surface area contributed by atoms with E-state index in [1.807, 2.05) is 0 Å². The Morgan fingerprint density at radius 3 is 1.05 bits per heavy atom. The van der Waals surface area contributed by atoms with Gasteiger partial charge in [0, 0.05) is 48.5 Å². The average Bonchev–Trinajstić information content (AvgIpc) is 3.89. The molecule has 0 radical (unpaired) electrons. The number of benzene rings is 10. The first kappa shape index (κ1) is 29.1. The molecule has 0 unspecified atom stereocenters. The van der Waals surface area contributed by atoms with Crippen LogP contribution in [0.5, 0.6) is 0 Å². The molecule has 0 aliphatic carbocycles. The molecule has 3 heteroatoms. The van der Waals surface area contributed by atoms with Crippen molar-refractivity contribution in [3.63, 3.8) is 0 Å². The van der Waals surface area contributed by atoms with E-state index in [1.165, 1.54) is 115 Å². The van der Waals surface area contributed by atoms with Gasteiger partial charge in [-0.2, -0.15) is 0 Å². The second-order valence-corrected chi connectivity index (χ2v) is 14.9. The number of para-hydroxylation sites is 4. The SMILES string of the molecule is c1ccc2c(c1)cc(-n1c3ccc(-n4c5ccccc5c5ccccc54)c4ccc5c(-n6c7ccccc7c7ccccc76)ccc1c5c43)c1ccccc12. The maximum atomic E-state index is 2.53. The van der Waals surface area contributed by atoms with E-state index in [9.17, 15) is 0 Å². The molecule has 13 rings (SSSR count). The Morgan fingerprint density at radius 1 is 0.218 bits per heavy atom. The number of fused-ring (bicyclic) bond motifs is 9. The number of rotatable bonds is 3. The van der Waals surface area contributed by atoms with Gasteiger partial charge < -0.3 is 13.7 Å². The van der Waals surface area contributed by atoms with Gasteiger partial charge in [0.25, 0.3) is 0 Å². The minimum absolute atomic E-state index is 1.19. The molecule has 13 aromatic rings. The van der Waals surface area contributed by atoms with Crippen LogP contribution in [0.15, 0.2) is 188 Å². The Labute approximate surface area is 315 Å². The Hall–Kier alpha value is -7.36. The highest BCUT2D eigenvalue weighted by molar-refractivity contribution is 6.29. The van der Waals surface area contributed by atoms with Crippen molar-refractivity contribution >= 4 is 97.7 Å². The van der Waals surface area contributed by atoms with Gasteiger partial charge in [-0.1, -0.05) is 133 Å². The molecule has 0 fully saturated rings. The second-order valence-electron chi connectivity index (χ2n) is 14.9. The van der Waals surface area contributed by atoms with Gasteiger partial charge in [0.1, 0.15) is 0 Å². The Morgan fingerprint density at radius 2 is 0.582 bits per heavy atom. The standard InChI is InChI=1S/C52H31N3/c1-2-14-33-32(13-1)31-50(35-16-4-3-15-34(33)35)55-48-29-27-46(53-42-21-9-5-17-36(42)37-18-6-10-22-43(37)53)40-25-26-41-47(28-30-49(55)52(41)51(40)48)54-44-23-11-7-19-38(44)39-20-8-12-24-45(39)54/h1-31H. The molecular weight excluding hydrogens is 667 g/mol. The summed E-state index contributed by atoms with van der Waals surface area (Å²) >= 11 is 0. The van der Waals surface area contributed by atoms with E-state index >= 15 is 0 Å². The highest BCUT2D eigenvalue weighted by Crippen LogP contribution is 2.46. The third kappa shape index (κ3) is 3.74. The zero-order chi connectivity index (χ0) is 35.8. The van der Waals surface area contributed by atoms with Gasteiger partial charge in [-0.25, -0.2) is 0 Å². The zero-order valence-electron chi connectivity index (χ0n) is 29.7. The molecule has 0 amide bonds. The van der Waals surface area contributed by atoms with Gasteiger partial charge in [-0.3, -0.25) is 0 Å². The Kier molecular flexibility index (Phi) is 5.63. The first-order chi connectivity index (χ1) is 27.3. The fourth-order valence-corrected chi connectivity index (χ4v) is 9.96. The van der Waals surface area contributed by atoms with Gasteiger partial charge in [0.2, 0.25) is 0 Å². The second kappa shape index (κ2) is 10.6. The van der Waals surface area contributed by atoms with E-state index < -0.39 is 0 Å². The molecule has 3 aromatic heterocycles. The predicted octanol–water partition coefficient (Wildman–Crippen LogP) is 13.9. The minimum atomic E-state index is 1.19. The number of nitrogens with zero attached hydrogens (tertiary/aromatic N) is 3. The van der Waals surface area contributed by atoms with Crippen molar-refractivity contribution in [3.05, 3.63) is 188 Å². The summed E-state index contributed by atoms with van der Waals surface area (Å²) in [6.07, 6.45) is 0. The van der Waals surface area contributed by atoms with Crippen molar-refractivity contribution in [1.29, 1.82) is 0 Å². The van der Waals surface area contributed by atoms with E-state index in [-0.39, 0.29) is 0 Å². The van der Waals surface area contributed by atoms with Crippen LogP contribution in [0, 0.1) is 0 Å². The molecule has 0 saturated carbocycles. The van der Waals surface area contributed by atoms with Crippen LogP contribution in [0.2, 0.25) is 0 Å². The summed E-state index contributed by atoms with van der Waals surface area (Å²) in [7, 11) is 0. The third-order valence-corrected chi connectivity index (χ3v) is 12.2. The van der Waals surface area contributed by atoms with Crippen LogP contribution in [0.4, 0.5) is 0 Å². The van der Waals surface area contributed by atoms with Crippen LogP contribution in [0.25, 0.3) is 115 Å². The van der Waals surface area contributed by atoms with Crippen molar-refractivity contribution in [2.45, 2.75) is 0 Å². The lowest BCUT2D eigenvalue weighted by Crippen LogP contribution is -1.98. The fourth-order valence-electron chi connectivity index (χ4n) is 9.96. The van der Waals surface area contributed by atoms with Crippen molar-refractivity contribution in [2.75, 3.05) is 0 Å². The molecule has 3 heterocycles. The molecule has 0 N–H and O–H groups in total. The van der Waals surface area contributed by atoms with E-state index in [0.717, 1.165) is 0 Å². The molecule has 0 atom stereocenters. The van der Waals surface area contributed by atoms with E-state index in [2.05, 4.69) is 202 Å².